The van der Waals surface area contributed by atoms with Gasteiger partial charge in [0.2, 0.25) is 0 Å². The molecule has 2 heterocycles. The maximum atomic E-state index is 12.0. The molecule has 7 heteroatoms. The second kappa shape index (κ2) is 6.34. The van der Waals surface area contributed by atoms with Gasteiger partial charge in [0.1, 0.15) is 5.75 Å². The zero-order valence-corrected chi connectivity index (χ0v) is 13.2. The van der Waals surface area contributed by atoms with E-state index in [0.29, 0.717) is 11.5 Å². The summed E-state index contributed by atoms with van der Waals surface area (Å²) in [6.45, 7) is 5.79. The summed E-state index contributed by atoms with van der Waals surface area (Å²) in [5.41, 5.74) is 1.66. The molecule has 114 valence electrons. The van der Waals surface area contributed by atoms with E-state index in [-0.39, 0.29) is 23.2 Å². The third kappa shape index (κ3) is 4.35. The van der Waals surface area contributed by atoms with Crippen LogP contribution in [-0.2, 0) is 15.6 Å². The molecule has 0 saturated carbocycles. The third-order valence-electron chi connectivity index (χ3n) is 3.17. The summed E-state index contributed by atoms with van der Waals surface area (Å²) in [4.78, 5) is 8.19. The van der Waals surface area contributed by atoms with Crippen LogP contribution in [0.2, 0.25) is 0 Å². The van der Waals surface area contributed by atoms with Crippen LogP contribution in [0.1, 0.15) is 31.7 Å². The number of aryl methyl sites for hydroxylation is 1. The Morgan fingerprint density at radius 1 is 1.33 bits per heavy atom. The van der Waals surface area contributed by atoms with Gasteiger partial charge in [-0.15, -0.1) is 0 Å². The molecular formula is C14H19N3O3S. The molecule has 0 aliphatic carbocycles. The number of rotatable bonds is 6. The molecular weight excluding hydrogens is 290 g/mol. The van der Waals surface area contributed by atoms with Crippen LogP contribution in [-0.4, -0.2) is 29.3 Å². The van der Waals surface area contributed by atoms with E-state index < -0.39 is 9.84 Å². The summed E-state index contributed by atoms with van der Waals surface area (Å²) in [6.07, 6.45) is 4.15. The highest BCUT2D eigenvalue weighted by atomic mass is 32.2. The molecule has 0 aliphatic rings. The Balaban J connectivity index is 2.14. The molecule has 0 spiro atoms. The zero-order chi connectivity index (χ0) is 15.5. The number of aromatic nitrogens is 3. The van der Waals surface area contributed by atoms with Crippen LogP contribution in [0, 0.1) is 12.8 Å². The van der Waals surface area contributed by atoms with Gasteiger partial charge >= 0.3 is 0 Å². The van der Waals surface area contributed by atoms with E-state index in [1.807, 2.05) is 26.8 Å². The fraction of sp³-hybridized carbons (Fsp3) is 0.500. The monoisotopic (exact) mass is 309 g/mol. The van der Waals surface area contributed by atoms with Crippen LogP contribution in [0.3, 0.4) is 0 Å². The molecule has 1 atom stereocenters. The van der Waals surface area contributed by atoms with Crippen molar-refractivity contribution < 1.29 is 12.9 Å². The molecule has 0 amide bonds. The maximum Gasteiger partial charge on any atom is 0.259 e. The van der Waals surface area contributed by atoms with Crippen LogP contribution in [0.4, 0.5) is 0 Å². The highest BCUT2D eigenvalue weighted by Crippen LogP contribution is 2.18. The number of sulfone groups is 1. The molecule has 2 rings (SSSR count). The SMILES string of the molecule is CCC(C)CS(=O)(=O)Cc1noc(-c2cncc(C)c2)n1. The topological polar surface area (TPSA) is 86.0 Å². The van der Waals surface area contributed by atoms with Gasteiger partial charge in [-0.05, 0) is 24.5 Å². The fourth-order valence-electron chi connectivity index (χ4n) is 1.91. The lowest BCUT2D eigenvalue weighted by atomic mass is 10.2. The van der Waals surface area contributed by atoms with Crippen LogP contribution >= 0.6 is 0 Å². The summed E-state index contributed by atoms with van der Waals surface area (Å²) in [5.74, 6) is 0.552. The first kappa shape index (κ1) is 15.6. The van der Waals surface area contributed by atoms with Crippen molar-refractivity contribution in [3.05, 3.63) is 29.8 Å². The van der Waals surface area contributed by atoms with Gasteiger partial charge in [-0.2, -0.15) is 4.98 Å². The maximum absolute atomic E-state index is 12.0. The van der Waals surface area contributed by atoms with Gasteiger partial charge in [-0.25, -0.2) is 8.42 Å². The van der Waals surface area contributed by atoms with Crippen molar-refractivity contribution in [2.45, 2.75) is 32.9 Å². The average Bonchev–Trinajstić information content (AvgIpc) is 2.85. The van der Waals surface area contributed by atoms with Crippen molar-refractivity contribution in [3.63, 3.8) is 0 Å². The molecule has 0 saturated heterocycles. The number of nitrogens with zero attached hydrogens (tertiary/aromatic N) is 3. The van der Waals surface area contributed by atoms with E-state index in [1.54, 1.807) is 12.4 Å². The minimum absolute atomic E-state index is 0.127. The second-order valence-electron chi connectivity index (χ2n) is 5.33. The minimum Gasteiger partial charge on any atom is -0.334 e. The van der Waals surface area contributed by atoms with Crippen LogP contribution in [0.15, 0.2) is 23.0 Å². The molecule has 0 bridgehead atoms. The van der Waals surface area contributed by atoms with Crippen LogP contribution in [0.25, 0.3) is 11.5 Å². The molecule has 0 radical (unpaired) electrons. The Kier molecular flexibility index (Phi) is 4.72. The molecule has 6 nitrogen and oxygen atoms in total. The number of hydrogen-bond donors (Lipinski definition) is 0. The average molecular weight is 309 g/mol. The van der Waals surface area contributed by atoms with Crippen molar-refractivity contribution in [2.24, 2.45) is 5.92 Å². The van der Waals surface area contributed by atoms with Gasteiger partial charge in [0, 0.05) is 12.4 Å². The van der Waals surface area contributed by atoms with E-state index in [1.165, 1.54) is 0 Å². The lowest BCUT2D eigenvalue weighted by molar-refractivity contribution is 0.424. The van der Waals surface area contributed by atoms with E-state index in [9.17, 15) is 8.42 Å². The molecule has 2 aromatic heterocycles. The Morgan fingerprint density at radius 3 is 2.76 bits per heavy atom. The summed E-state index contributed by atoms with van der Waals surface area (Å²) < 4.78 is 29.2. The van der Waals surface area contributed by atoms with Crippen molar-refractivity contribution in [1.82, 2.24) is 15.1 Å². The summed E-state index contributed by atoms with van der Waals surface area (Å²) in [5, 5.41) is 3.75. The van der Waals surface area contributed by atoms with Crippen molar-refractivity contribution in [3.8, 4) is 11.5 Å². The first-order chi connectivity index (χ1) is 9.89. The van der Waals surface area contributed by atoms with Gasteiger partial charge in [0.15, 0.2) is 15.7 Å². The Morgan fingerprint density at radius 2 is 2.10 bits per heavy atom. The summed E-state index contributed by atoms with van der Waals surface area (Å²) in [6, 6.07) is 1.86. The van der Waals surface area contributed by atoms with E-state index in [0.717, 1.165) is 12.0 Å². The predicted molar refractivity (Wildman–Crippen MR) is 79.2 cm³/mol. The standard InChI is InChI=1S/C14H19N3O3S/c1-4-10(2)8-21(18,19)9-13-16-14(20-17-13)12-5-11(3)6-15-7-12/h5-7,10H,4,8-9H2,1-3H3. The molecule has 2 aromatic rings. The van der Waals surface area contributed by atoms with E-state index in [2.05, 4.69) is 15.1 Å². The summed E-state index contributed by atoms with van der Waals surface area (Å²) in [7, 11) is -3.22. The van der Waals surface area contributed by atoms with Crippen molar-refractivity contribution in [2.75, 3.05) is 5.75 Å². The van der Waals surface area contributed by atoms with Gasteiger partial charge in [0.05, 0.1) is 11.3 Å². The number of hydrogen-bond acceptors (Lipinski definition) is 6. The van der Waals surface area contributed by atoms with E-state index >= 15 is 0 Å². The summed E-state index contributed by atoms with van der Waals surface area (Å²) >= 11 is 0. The lowest BCUT2D eigenvalue weighted by Gasteiger charge is -2.07. The van der Waals surface area contributed by atoms with Gasteiger partial charge in [-0.3, -0.25) is 4.98 Å². The van der Waals surface area contributed by atoms with Crippen molar-refractivity contribution in [1.29, 1.82) is 0 Å². The first-order valence-electron chi connectivity index (χ1n) is 6.84. The Labute approximate surface area is 124 Å². The van der Waals surface area contributed by atoms with E-state index in [4.69, 9.17) is 4.52 Å². The van der Waals surface area contributed by atoms with Crippen LogP contribution in [0.5, 0.6) is 0 Å². The minimum atomic E-state index is -3.22. The molecule has 21 heavy (non-hydrogen) atoms. The lowest BCUT2D eigenvalue weighted by Crippen LogP contribution is -2.16. The molecule has 0 aliphatic heterocycles. The fourth-order valence-corrected chi connectivity index (χ4v) is 3.64. The van der Waals surface area contributed by atoms with Crippen LogP contribution < -0.4 is 0 Å². The Bertz CT molecular complexity index is 710. The first-order valence-corrected chi connectivity index (χ1v) is 8.67. The predicted octanol–water partition coefficient (Wildman–Crippen LogP) is 2.40. The van der Waals surface area contributed by atoms with Crippen molar-refractivity contribution >= 4 is 9.84 Å². The normalized spacial score (nSPS) is 13.3. The smallest absolute Gasteiger partial charge is 0.259 e. The Hall–Kier alpha value is -1.76. The highest BCUT2D eigenvalue weighted by Gasteiger charge is 2.19. The quantitative estimate of drug-likeness (QED) is 0.814. The second-order valence-corrected chi connectivity index (χ2v) is 7.44. The number of pyridine rings is 1. The van der Waals surface area contributed by atoms with Gasteiger partial charge < -0.3 is 4.52 Å². The zero-order valence-electron chi connectivity index (χ0n) is 12.4. The van der Waals surface area contributed by atoms with Gasteiger partial charge in [-0.1, -0.05) is 25.4 Å². The highest BCUT2D eigenvalue weighted by molar-refractivity contribution is 7.90. The molecule has 1 unspecified atom stereocenters. The molecule has 0 aromatic carbocycles. The molecule has 0 fully saturated rings. The van der Waals surface area contributed by atoms with Gasteiger partial charge in [0.25, 0.3) is 5.89 Å². The third-order valence-corrected chi connectivity index (χ3v) is 4.95. The molecule has 0 N–H and O–H groups in total. The largest absolute Gasteiger partial charge is 0.334 e.